The van der Waals surface area contributed by atoms with E-state index in [0.29, 0.717) is 6.61 Å². The molecule has 0 spiro atoms. The van der Waals surface area contributed by atoms with Gasteiger partial charge in [0.05, 0.1) is 12.3 Å². The molecule has 0 fully saturated rings. The van der Waals surface area contributed by atoms with Gasteiger partial charge in [0.2, 0.25) is 0 Å². The predicted octanol–water partition coefficient (Wildman–Crippen LogP) is 0.722. The van der Waals surface area contributed by atoms with Crippen molar-refractivity contribution in [3.05, 3.63) is 17.5 Å². The van der Waals surface area contributed by atoms with Crippen LogP contribution in [0.1, 0.15) is 24.1 Å². The van der Waals surface area contributed by atoms with Gasteiger partial charge in [-0.05, 0) is 12.5 Å². The first-order chi connectivity index (χ1) is 5.65. The van der Waals surface area contributed by atoms with Gasteiger partial charge in [-0.1, -0.05) is 6.92 Å². The lowest BCUT2D eigenvalue weighted by Gasteiger charge is -2.06. The number of aromatic nitrogens is 2. The number of hydrogen-bond donors (Lipinski definition) is 1. The second-order valence-corrected chi connectivity index (χ2v) is 3.11. The third-order valence-electron chi connectivity index (χ3n) is 1.86. The highest BCUT2D eigenvalue weighted by Gasteiger charge is 2.11. The van der Waals surface area contributed by atoms with Gasteiger partial charge in [0.15, 0.2) is 0 Å². The Kier molecular flexibility index (Phi) is 2.83. The van der Waals surface area contributed by atoms with Crippen LogP contribution in [0.25, 0.3) is 0 Å². The standard InChI is InChI=1S/C8H15N3O/c1-6-4-11(3)10-8(6)7(2)5-12-9/h4,7H,5,9H2,1-3H3. The predicted molar refractivity (Wildman–Crippen MR) is 46.5 cm³/mol. The lowest BCUT2D eigenvalue weighted by molar-refractivity contribution is 0.125. The van der Waals surface area contributed by atoms with Gasteiger partial charge in [-0.3, -0.25) is 4.68 Å². The van der Waals surface area contributed by atoms with E-state index in [1.165, 1.54) is 5.56 Å². The maximum atomic E-state index is 4.99. The third-order valence-corrected chi connectivity index (χ3v) is 1.86. The van der Waals surface area contributed by atoms with Gasteiger partial charge in [-0.15, -0.1) is 0 Å². The number of nitrogens with two attached hydrogens (primary N) is 1. The molecule has 4 nitrogen and oxygen atoms in total. The fraction of sp³-hybridized carbons (Fsp3) is 0.625. The molecule has 1 atom stereocenters. The van der Waals surface area contributed by atoms with Crippen molar-refractivity contribution in [1.29, 1.82) is 0 Å². The first kappa shape index (κ1) is 9.22. The van der Waals surface area contributed by atoms with E-state index in [9.17, 15) is 0 Å². The molecule has 0 saturated carbocycles. The van der Waals surface area contributed by atoms with Gasteiger partial charge in [0.1, 0.15) is 0 Å². The molecular formula is C8H15N3O. The summed E-state index contributed by atoms with van der Waals surface area (Å²) in [6.07, 6.45) is 1.99. The summed E-state index contributed by atoms with van der Waals surface area (Å²) in [4.78, 5) is 4.57. The van der Waals surface area contributed by atoms with E-state index in [1.807, 2.05) is 27.1 Å². The van der Waals surface area contributed by atoms with Crippen LogP contribution in [0.5, 0.6) is 0 Å². The van der Waals surface area contributed by atoms with Crippen LogP contribution < -0.4 is 5.90 Å². The van der Waals surface area contributed by atoms with Crippen molar-refractivity contribution in [3.8, 4) is 0 Å². The lowest BCUT2D eigenvalue weighted by Crippen LogP contribution is -2.10. The Morgan fingerprint density at radius 2 is 2.42 bits per heavy atom. The molecule has 1 unspecified atom stereocenters. The average Bonchev–Trinajstić information content (AvgIpc) is 2.30. The molecule has 0 radical (unpaired) electrons. The Balaban J connectivity index is 2.79. The van der Waals surface area contributed by atoms with Crippen molar-refractivity contribution in [2.24, 2.45) is 12.9 Å². The zero-order valence-corrected chi connectivity index (χ0v) is 7.74. The van der Waals surface area contributed by atoms with Crippen molar-refractivity contribution in [2.45, 2.75) is 19.8 Å². The highest BCUT2D eigenvalue weighted by Crippen LogP contribution is 2.16. The highest BCUT2D eigenvalue weighted by molar-refractivity contribution is 5.18. The second-order valence-electron chi connectivity index (χ2n) is 3.11. The molecule has 0 bridgehead atoms. The highest BCUT2D eigenvalue weighted by atomic mass is 16.6. The minimum absolute atomic E-state index is 0.260. The molecule has 0 amide bonds. The van der Waals surface area contributed by atoms with Crippen molar-refractivity contribution < 1.29 is 4.84 Å². The van der Waals surface area contributed by atoms with Gasteiger partial charge in [-0.2, -0.15) is 5.10 Å². The number of rotatable bonds is 3. The summed E-state index contributed by atoms with van der Waals surface area (Å²) in [6.45, 7) is 4.59. The summed E-state index contributed by atoms with van der Waals surface area (Å²) in [6, 6.07) is 0. The lowest BCUT2D eigenvalue weighted by atomic mass is 10.1. The Morgan fingerprint density at radius 1 is 1.75 bits per heavy atom. The van der Waals surface area contributed by atoms with E-state index in [1.54, 1.807) is 4.68 Å². The average molecular weight is 169 g/mol. The number of aryl methyl sites for hydroxylation is 2. The zero-order valence-electron chi connectivity index (χ0n) is 7.74. The second kappa shape index (κ2) is 3.69. The van der Waals surface area contributed by atoms with E-state index < -0.39 is 0 Å². The van der Waals surface area contributed by atoms with Gasteiger partial charge in [-0.25, -0.2) is 5.90 Å². The summed E-state index contributed by atoms with van der Waals surface area (Å²) in [5, 5.41) is 4.31. The van der Waals surface area contributed by atoms with Crippen molar-refractivity contribution in [2.75, 3.05) is 6.61 Å². The van der Waals surface area contributed by atoms with Crippen LogP contribution in [-0.4, -0.2) is 16.4 Å². The Labute approximate surface area is 72.3 Å². The topological polar surface area (TPSA) is 53.1 Å². The smallest absolute Gasteiger partial charge is 0.0761 e. The molecule has 0 aliphatic rings. The van der Waals surface area contributed by atoms with Gasteiger partial charge < -0.3 is 4.84 Å². The first-order valence-corrected chi connectivity index (χ1v) is 3.97. The normalized spacial score (nSPS) is 13.3. The maximum absolute atomic E-state index is 4.99. The molecule has 1 rings (SSSR count). The van der Waals surface area contributed by atoms with E-state index >= 15 is 0 Å². The van der Waals surface area contributed by atoms with Gasteiger partial charge >= 0.3 is 0 Å². The molecule has 1 heterocycles. The monoisotopic (exact) mass is 169 g/mol. The van der Waals surface area contributed by atoms with Crippen molar-refractivity contribution in [1.82, 2.24) is 9.78 Å². The molecule has 12 heavy (non-hydrogen) atoms. The van der Waals surface area contributed by atoms with Crippen LogP contribution in [0.4, 0.5) is 0 Å². The van der Waals surface area contributed by atoms with Gasteiger partial charge in [0.25, 0.3) is 0 Å². The Morgan fingerprint density at radius 3 is 2.83 bits per heavy atom. The van der Waals surface area contributed by atoms with E-state index in [0.717, 1.165) is 5.69 Å². The zero-order chi connectivity index (χ0) is 9.14. The molecule has 0 aliphatic heterocycles. The Bertz CT molecular complexity index is 257. The van der Waals surface area contributed by atoms with Crippen LogP contribution in [0.2, 0.25) is 0 Å². The summed E-state index contributed by atoms with van der Waals surface area (Å²) in [5.74, 6) is 5.25. The molecular weight excluding hydrogens is 154 g/mol. The van der Waals surface area contributed by atoms with Crippen LogP contribution in [0.3, 0.4) is 0 Å². The van der Waals surface area contributed by atoms with E-state index in [-0.39, 0.29) is 5.92 Å². The van der Waals surface area contributed by atoms with Crippen LogP contribution in [-0.2, 0) is 11.9 Å². The largest absolute Gasteiger partial charge is 0.304 e. The minimum atomic E-state index is 0.260. The third kappa shape index (κ3) is 1.84. The molecule has 0 aliphatic carbocycles. The fourth-order valence-corrected chi connectivity index (χ4v) is 1.33. The van der Waals surface area contributed by atoms with Gasteiger partial charge in [0, 0.05) is 19.2 Å². The van der Waals surface area contributed by atoms with Crippen LogP contribution >= 0.6 is 0 Å². The SMILES string of the molecule is Cc1cn(C)nc1C(C)CON. The molecule has 0 saturated heterocycles. The molecule has 2 N–H and O–H groups in total. The van der Waals surface area contributed by atoms with Crippen molar-refractivity contribution in [3.63, 3.8) is 0 Å². The molecule has 1 aromatic rings. The van der Waals surface area contributed by atoms with Crippen LogP contribution in [0.15, 0.2) is 6.20 Å². The van der Waals surface area contributed by atoms with E-state index in [2.05, 4.69) is 9.94 Å². The molecule has 4 heteroatoms. The summed E-state index contributed by atoms with van der Waals surface area (Å²) >= 11 is 0. The number of nitrogens with zero attached hydrogens (tertiary/aromatic N) is 2. The number of hydrogen-bond acceptors (Lipinski definition) is 3. The fourth-order valence-electron chi connectivity index (χ4n) is 1.33. The summed E-state index contributed by atoms with van der Waals surface area (Å²) in [5.41, 5.74) is 2.24. The quantitative estimate of drug-likeness (QED) is 0.678. The van der Waals surface area contributed by atoms with Crippen molar-refractivity contribution >= 4 is 0 Å². The maximum Gasteiger partial charge on any atom is 0.0761 e. The first-order valence-electron chi connectivity index (χ1n) is 3.97. The van der Waals surface area contributed by atoms with E-state index in [4.69, 9.17) is 5.90 Å². The summed E-state index contributed by atoms with van der Waals surface area (Å²) in [7, 11) is 1.91. The molecule has 68 valence electrons. The molecule has 1 aromatic heterocycles. The van der Waals surface area contributed by atoms with Crippen LogP contribution in [0, 0.1) is 6.92 Å². The summed E-state index contributed by atoms with van der Waals surface area (Å²) < 4.78 is 1.80. The minimum Gasteiger partial charge on any atom is -0.304 e. The Hall–Kier alpha value is -0.870. The molecule has 0 aromatic carbocycles.